The van der Waals surface area contributed by atoms with Crippen molar-refractivity contribution in [3.05, 3.63) is 41.1 Å². The highest BCUT2D eigenvalue weighted by Crippen LogP contribution is 2.16. The van der Waals surface area contributed by atoms with Crippen LogP contribution in [0.5, 0.6) is 0 Å². The minimum atomic E-state index is -0.391. The molecule has 1 aromatic rings. The fourth-order valence-corrected chi connectivity index (χ4v) is 2.86. The molecule has 1 heterocycles. The first-order valence-electron chi connectivity index (χ1n) is 7.79. The van der Waals surface area contributed by atoms with Gasteiger partial charge in [0, 0.05) is 23.7 Å². The number of likely N-dealkylation sites (N-methyl/N-ethyl adjacent to an activating group) is 1. The average Bonchev–Trinajstić information content (AvgIpc) is 2.55. The second-order valence-electron chi connectivity index (χ2n) is 5.51. The molecule has 1 aromatic carbocycles. The van der Waals surface area contributed by atoms with Crippen molar-refractivity contribution in [1.82, 2.24) is 15.5 Å². The lowest BCUT2D eigenvalue weighted by Crippen LogP contribution is -2.46. The molecule has 0 aliphatic carbocycles. The summed E-state index contributed by atoms with van der Waals surface area (Å²) in [6.45, 7) is 3.44. The molecule has 0 saturated carbocycles. The summed E-state index contributed by atoms with van der Waals surface area (Å²) in [5.74, 6) is -0.391. The SMILES string of the molecule is CCOC(=O)C1=C(CN(C)Cc2ccc(SC)cc2)NC(=O)NC1. The van der Waals surface area contributed by atoms with Gasteiger partial charge in [-0.2, -0.15) is 0 Å². The van der Waals surface area contributed by atoms with Gasteiger partial charge in [0.2, 0.25) is 0 Å². The number of rotatable bonds is 7. The van der Waals surface area contributed by atoms with Crippen LogP contribution < -0.4 is 10.6 Å². The summed E-state index contributed by atoms with van der Waals surface area (Å²) in [6.07, 6.45) is 2.05. The summed E-state index contributed by atoms with van der Waals surface area (Å²) in [7, 11) is 1.95. The van der Waals surface area contributed by atoms with Gasteiger partial charge < -0.3 is 15.4 Å². The largest absolute Gasteiger partial charge is 0.463 e. The third kappa shape index (κ3) is 5.01. The summed E-state index contributed by atoms with van der Waals surface area (Å²) in [5.41, 5.74) is 2.25. The first-order chi connectivity index (χ1) is 11.5. The number of nitrogens with zero attached hydrogens (tertiary/aromatic N) is 1. The van der Waals surface area contributed by atoms with Gasteiger partial charge in [-0.15, -0.1) is 11.8 Å². The van der Waals surface area contributed by atoms with Crippen LogP contribution in [0, 0.1) is 0 Å². The lowest BCUT2D eigenvalue weighted by Gasteiger charge is -2.25. The first kappa shape index (κ1) is 18.4. The number of urea groups is 1. The Bertz CT molecular complexity index is 628. The van der Waals surface area contributed by atoms with Crippen LogP contribution in [0.15, 0.2) is 40.4 Å². The van der Waals surface area contributed by atoms with Crippen molar-refractivity contribution >= 4 is 23.8 Å². The minimum absolute atomic E-state index is 0.191. The van der Waals surface area contributed by atoms with Crippen LogP contribution in [-0.4, -0.2) is 49.9 Å². The van der Waals surface area contributed by atoms with Crippen molar-refractivity contribution in [2.75, 3.05) is 33.0 Å². The maximum Gasteiger partial charge on any atom is 0.337 e. The third-order valence-electron chi connectivity index (χ3n) is 3.62. The number of esters is 1. The number of hydrogen-bond donors (Lipinski definition) is 2. The molecule has 2 N–H and O–H groups in total. The minimum Gasteiger partial charge on any atom is -0.463 e. The number of nitrogens with one attached hydrogen (secondary N) is 2. The second-order valence-corrected chi connectivity index (χ2v) is 6.39. The van der Waals surface area contributed by atoms with E-state index >= 15 is 0 Å². The van der Waals surface area contributed by atoms with E-state index in [0.29, 0.717) is 24.4 Å². The smallest absolute Gasteiger partial charge is 0.337 e. The predicted molar refractivity (Wildman–Crippen MR) is 94.8 cm³/mol. The van der Waals surface area contributed by atoms with E-state index in [0.717, 1.165) is 6.54 Å². The fourth-order valence-electron chi connectivity index (χ4n) is 2.45. The van der Waals surface area contributed by atoms with E-state index < -0.39 is 5.97 Å². The Balaban J connectivity index is 2.06. The summed E-state index contributed by atoms with van der Waals surface area (Å²) >= 11 is 1.71. The Morgan fingerprint density at radius 3 is 2.62 bits per heavy atom. The van der Waals surface area contributed by atoms with Crippen molar-refractivity contribution in [2.45, 2.75) is 18.4 Å². The Hall–Kier alpha value is -1.99. The molecular weight excluding hydrogens is 326 g/mol. The van der Waals surface area contributed by atoms with Crippen molar-refractivity contribution in [3.8, 4) is 0 Å². The van der Waals surface area contributed by atoms with Gasteiger partial charge in [-0.05, 0) is 37.9 Å². The zero-order valence-corrected chi connectivity index (χ0v) is 15.0. The Morgan fingerprint density at radius 2 is 2.00 bits per heavy atom. The molecule has 1 aliphatic rings. The molecule has 0 unspecified atom stereocenters. The Morgan fingerprint density at radius 1 is 1.29 bits per heavy atom. The maximum absolute atomic E-state index is 12.0. The Labute approximate surface area is 146 Å². The van der Waals surface area contributed by atoms with Crippen LogP contribution in [0.1, 0.15) is 12.5 Å². The third-order valence-corrected chi connectivity index (χ3v) is 4.36. The number of carbonyl (C=O) groups excluding carboxylic acids is 2. The molecule has 0 aromatic heterocycles. The average molecular weight is 349 g/mol. The van der Waals surface area contributed by atoms with Gasteiger partial charge in [-0.25, -0.2) is 9.59 Å². The van der Waals surface area contributed by atoms with Crippen molar-refractivity contribution in [1.29, 1.82) is 0 Å². The van der Waals surface area contributed by atoms with Crippen molar-refractivity contribution < 1.29 is 14.3 Å². The fraction of sp³-hybridized carbons (Fsp3) is 0.412. The van der Waals surface area contributed by atoms with Gasteiger partial charge >= 0.3 is 12.0 Å². The van der Waals surface area contributed by atoms with Gasteiger partial charge in [-0.1, -0.05) is 12.1 Å². The number of benzene rings is 1. The number of carbonyl (C=O) groups is 2. The number of thioether (sulfide) groups is 1. The summed E-state index contributed by atoms with van der Waals surface area (Å²) < 4.78 is 5.06. The van der Waals surface area contributed by atoms with E-state index in [9.17, 15) is 9.59 Å². The maximum atomic E-state index is 12.0. The summed E-state index contributed by atoms with van der Waals surface area (Å²) in [4.78, 5) is 26.9. The number of amides is 2. The molecule has 0 radical (unpaired) electrons. The van der Waals surface area contributed by atoms with Crippen LogP contribution in [0.4, 0.5) is 4.79 Å². The van der Waals surface area contributed by atoms with E-state index in [2.05, 4.69) is 34.9 Å². The zero-order chi connectivity index (χ0) is 17.5. The van der Waals surface area contributed by atoms with Gasteiger partial charge in [0.15, 0.2) is 0 Å². The summed E-state index contributed by atoms with van der Waals surface area (Å²) in [6, 6.07) is 8.05. The van der Waals surface area contributed by atoms with Gasteiger partial charge in [0.05, 0.1) is 18.7 Å². The molecule has 6 nitrogen and oxygen atoms in total. The lowest BCUT2D eigenvalue weighted by atomic mass is 10.1. The highest BCUT2D eigenvalue weighted by Gasteiger charge is 2.24. The van der Waals surface area contributed by atoms with Crippen LogP contribution in [0.25, 0.3) is 0 Å². The van der Waals surface area contributed by atoms with E-state index in [1.165, 1.54) is 10.5 Å². The van der Waals surface area contributed by atoms with Gasteiger partial charge in [0.25, 0.3) is 0 Å². The molecule has 24 heavy (non-hydrogen) atoms. The predicted octanol–water partition coefficient (Wildman–Crippen LogP) is 1.97. The summed E-state index contributed by atoms with van der Waals surface area (Å²) in [5, 5.41) is 5.33. The quantitative estimate of drug-likeness (QED) is 0.582. The highest BCUT2D eigenvalue weighted by molar-refractivity contribution is 7.98. The normalized spacial score (nSPS) is 14.4. The van der Waals surface area contributed by atoms with Crippen LogP contribution in [-0.2, 0) is 16.1 Å². The molecule has 2 rings (SSSR count). The monoisotopic (exact) mass is 349 g/mol. The number of hydrogen-bond acceptors (Lipinski definition) is 5. The molecule has 1 aliphatic heterocycles. The standard InChI is InChI=1S/C17H23N3O3S/c1-4-23-16(21)14-9-18-17(22)19-15(14)11-20(2)10-12-5-7-13(24-3)8-6-12/h5-8H,4,9-11H2,1-3H3,(H2,18,19,22). The topological polar surface area (TPSA) is 70.7 Å². The van der Waals surface area contributed by atoms with Gasteiger partial charge in [0.1, 0.15) is 0 Å². The van der Waals surface area contributed by atoms with Crippen LogP contribution in [0.3, 0.4) is 0 Å². The number of ether oxygens (including phenoxy) is 1. The molecule has 0 saturated heterocycles. The molecule has 0 spiro atoms. The molecule has 0 bridgehead atoms. The van der Waals surface area contributed by atoms with Crippen LogP contribution >= 0.6 is 11.8 Å². The van der Waals surface area contributed by atoms with Crippen LogP contribution in [0.2, 0.25) is 0 Å². The van der Waals surface area contributed by atoms with E-state index in [1.807, 2.05) is 18.2 Å². The van der Waals surface area contributed by atoms with Crippen molar-refractivity contribution in [2.24, 2.45) is 0 Å². The van der Waals surface area contributed by atoms with E-state index in [4.69, 9.17) is 4.74 Å². The molecular formula is C17H23N3O3S. The van der Waals surface area contributed by atoms with E-state index in [1.54, 1.807) is 18.7 Å². The Kier molecular flexibility index (Phi) is 6.69. The molecule has 0 atom stereocenters. The van der Waals surface area contributed by atoms with Gasteiger partial charge in [-0.3, -0.25) is 4.90 Å². The molecule has 2 amide bonds. The lowest BCUT2D eigenvalue weighted by molar-refractivity contribution is -0.138. The molecule has 0 fully saturated rings. The highest BCUT2D eigenvalue weighted by atomic mass is 32.2. The van der Waals surface area contributed by atoms with Crippen molar-refractivity contribution in [3.63, 3.8) is 0 Å². The molecule has 130 valence electrons. The zero-order valence-electron chi connectivity index (χ0n) is 14.2. The molecule has 7 heteroatoms. The first-order valence-corrected chi connectivity index (χ1v) is 9.01. The van der Waals surface area contributed by atoms with E-state index in [-0.39, 0.29) is 12.6 Å². The second kappa shape index (κ2) is 8.75.